The molecular formula is C16H15O+. The third kappa shape index (κ3) is 3.15. The van der Waals surface area contributed by atoms with Gasteiger partial charge >= 0.3 is 5.78 Å². The van der Waals surface area contributed by atoms with Gasteiger partial charge in [-0.25, -0.2) is 0 Å². The van der Waals surface area contributed by atoms with Crippen molar-refractivity contribution in [1.29, 1.82) is 0 Å². The number of aryl methyl sites for hydroxylation is 1. The van der Waals surface area contributed by atoms with Gasteiger partial charge in [0.25, 0.3) is 0 Å². The fourth-order valence-electron chi connectivity index (χ4n) is 1.56. The monoisotopic (exact) mass is 223 g/mol. The zero-order valence-electron chi connectivity index (χ0n) is 9.80. The number of ketones is 1. The zero-order chi connectivity index (χ0) is 12.1. The molecule has 0 bridgehead atoms. The summed E-state index contributed by atoms with van der Waals surface area (Å²) in [5, 5.41) is 0. The minimum atomic E-state index is 0.286. The molecular weight excluding hydrogens is 208 g/mol. The molecule has 1 heteroatoms. The van der Waals surface area contributed by atoms with Crippen molar-refractivity contribution in [3.8, 4) is 0 Å². The summed E-state index contributed by atoms with van der Waals surface area (Å²) in [6, 6.07) is 17.7. The van der Waals surface area contributed by atoms with Gasteiger partial charge in [-0.15, -0.1) is 0 Å². The van der Waals surface area contributed by atoms with E-state index in [0.29, 0.717) is 0 Å². The maximum absolute atomic E-state index is 9.90. The molecule has 0 aromatic heterocycles. The Morgan fingerprint density at radius 1 is 0.941 bits per heavy atom. The van der Waals surface area contributed by atoms with Gasteiger partial charge in [-0.3, -0.25) is 4.79 Å². The van der Waals surface area contributed by atoms with E-state index in [0.717, 1.165) is 11.1 Å². The lowest BCUT2D eigenvalue weighted by Crippen LogP contribution is -1.95. The maximum Gasteiger partial charge on any atom is 0.347 e. The Balaban J connectivity index is 2.12. The second-order valence-corrected chi connectivity index (χ2v) is 4.00. The van der Waals surface area contributed by atoms with E-state index in [9.17, 15) is 4.79 Å². The Kier molecular flexibility index (Phi) is 3.51. The summed E-state index contributed by atoms with van der Waals surface area (Å²) < 4.78 is 0. The Labute approximate surface area is 101 Å². The summed E-state index contributed by atoms with van der Waals surface area (Å²) in [4.78, 5) is 9.90. The highest BCUT2D eigenvalue weighted by Crippen LogP contribution is 2.06. The summed E-state index contributed by atoms with van der Waals surface area (Å²) in [5.74, 6) is 0.286. The average molecular weight is 223 g/mol. The Bertz CT molecular complexity index is 521. The smallest absolute Gasteiger partial charge is 0.273 e. The normalized spacial score (nSPS) is 10.6. The maximum atomic E-state index is 9.90. The molecule has 0 aliphatic rings. The van der Waals surface area contributed by atoms with E-state index in [1.807, 2.05) is 67.6 Å². The SMILES string of the molecule is Cc1ccc(C(=[OH+])/C=C/c2ccccc2)cc1. The first-order valence-corrected chi connectivity index (χ1v) is 5.62. The van der Waals surface area contributed by atoms with Crippen molar-refractivity contribution in [1.82, 2.24) is 0 Å². The summed E-state index contributed by atoms with van der Waals surface area (Å²) >= 11 is 0. The van der Waals surface area contributed by atoms with E-state index in [-0.39, 0.29) is 5.78 Å². The summed E-state index contributed by atoms with van der Waals surface area (Å²) in [6.45, 7) is 2.03. The van der Waals surface area contributed by atoms with Crippen molar-refractivity contribution in [3.05, 3.63) is 77.4 Å². The molecule has 0 saturated carbocycles. The highest BCUT2D eigenvalue weighted by molar-refractivity contribution is 6.07. The fraction of sp³-hybridized carbons (Fsp3) is 0.0625. The number of rotatable bonds is 3. The Morgan fingerprint density at radius 2 is 1.59 bits per heavy atom. The number of benzene rings is 2. The molecule has 0 spiro atoms. The van der Waals surface area contributed by atoms with Gasteiger partial charge in [0.1, 0.15) is 0 Å². The Hall–Kier alpha value is -2.15. The van der Waals surface area contributed by atoms with Gasteiger partial charge in [0, 0.05) is 6.08 Å². The molecule has 0 aliphatic heterocycles. The lowest BCUT2D eigenvalue weighted by Gasteiger charge is -1.93. The van der Waals surface area contributed by atoms with Crippen molar-refractivity contribution in [2.24, 2.45) is 0 Å². The molecule has 17 heavy (non-hydrogen) atoms. The third-order valence-electron chi connectivity index (χ3n) is 2.58. The first kappa shape index (κ1) is 11.3. The van der Waals surface area contributed by atoms with Crippen LogP contribution < -0.4 is 0 Å². The second-order valence-electron chi connectivity index (χ2n) is 4.00. The van der Waals surface area contributed by atoms with Crippen molar-refractivity contribution < 1.29 is 4.79 Å². The third-order valence-corrected chi connectivity index (χ3v) is 2.58. The molecule has 0 fully saturated rings. The van der Waals surface area contributed by atoms with Crippen LogP contribution in [-0.2, 0) is 0 Å². The quantitative estimate of drug-likeness (QED) is 0.431. The standard InChI is InChI=1S/C16H14O/c1-13-7-10-15(11-8-13)16(17)12-9-14-5-3-2-4-6-14/h2-12H,1H3/p+1/b12-9+. The average Bonchev–Trinajstić information content (AvgIpc) is 2.38. The molecule has 2 aromatic carbocycles. The first-order valence-electron chi connectivity index (χ1n) is 5.62. The predicted molar refractivity (Wildman–Crippen MR) is 72.7 cm³/mol. The highest BCUT2D eigenvalue weighted by atomic mass is 16.1. The van der Waals surface area contributed by atoms with E-state index in [1.165, 1.54) is 5.56 Å². The van der Waals surface area contributed by atoms with Crippen LogP contribution in [0.5, 0.6) is 0 Å². The van der Waals surface area contributed by atoms with Crippen LogP contribution in [0.4, 0.5) is 0 Å². The van der Waals surface area contributed by atoms with Crippen LogP contribution in [-0.4, -0.2) is 10.6 Å². The first-order chi connectivity index (χ1) is 8.25. The van der Waals surface area contributed by atoms with E-state index in [2.05, 4.69) is 0 Å². The van der Waals surface area contributed by atoms with Gasteiger partial charge in [0.2, 0.25) is 0 Å². The summed E-state index contributed by atoms with van der Waals surface area (Å²) in [5.41, 5.74) is 3.10. The van der Waals surface area contributed by atoms with Crippen molar-refractivity contribution in [3.63, 3.8) is 0 Å². The van der Waals surface area contributed by atoms with Gasteiger partial charge in [-0.1, -0.05) is 48.0 Å². The summed E-state index contributed by atoms with van der Waals surface area (Å²) in [7, 11) is 0. The van der Waals surface area contributed by atoms with Crippen LogP contribution in [0, 0.1) is 6.92 Å². The molecule has 0 aliphatic carbocycles. The van der Waals surface area contributed by atoms with Crippen LogP contribution in [0.15, 0.2) is 60.7 Å². The van der Waals surface area contributed by atoms with Crippen LogP contribution in [0.2, 0.25) is 0 Å². The molecule has 84 valence electrons. The van der Waals surface area contributed by atoms with E-state index in [4.69, 9.17) is 0 Å². The molecule has 2 rings (SSSR count). The van der Waals surface area contributed by atoms with Gasteiger partial charge in [-0.2, -0.15) is 0 Å². The van der Waals surface area contributed by atoms with Crippen molar-refractivity contribution in [2.45, 2.75) is 6.92 Å². The highest BCUT2D eigenvalue weighted by Gasteiger charge is 2.06. The minimum absolute atomic E-state index is 0.286. The van der Waals surface area contributed by atoms with Gasteiger partial charge < -0.3 is 0 Å². The minimum Gasteiger partial charge on any atom is -0.273 e. The number of hydrogen-bond acceptors (Lipinski definition) is 0. The second kappa shape index (κ2) is 5.26. The van der Waals surface area contributed by atoms with Crippen LogP contribution in [0.1, 0.15) is 16.7 Å². The molecule has 2 aromatic rings. The van der Waals surface area contributed by atoms with Crippen LogP contribution in [0.3, 0.4) is 0 Å². The molecule has 1 nitrogen and oxygen atoms in total. The molecule has 0 radical (unpaired) electrons. The van der Waals surface area contributed by atoms with Crippen molar-refractivity contribution >= 4 is 11.9 Å². The number of carbonyl (C=O) groups excluding carboxylic acids is 1. The fourth-order valence-corrected chi connectivity index (χ4v) is 1.56. The molecule has 0 unspecified atom stereocenters. The van der Waals surface area contributed by atoms with E-state index >= 15 is 0 Å². The molecule has 0 heterocycles. The largest absolute Gasteiger partial charge is 0.347 e. The predicted octanol–water partition coefficient (Wildman–Crippen LogP) is 3.60. The Morgan fingerprint density at radius 3 is 2.24 bits per heavy atom. The topological polar surface area (TPSA) is 21.4 Å². The lowest BCUT2D eigenvalue weighted by atomic mass is 10.1. The lowest BCUT2D eigenvalue weighted by molar-refractivity contribution is 0.682. The van der Waals surface area contributed by atoms with Gasteiger partial charge in [0.15, 0.2) is 0 Å². The van der Waals surface area contributed by atoms with Crippen LogP contribution in [0.25, 0.3) is 6.08 Å². The van der Waals surface area contributed by atoms with E-state index in [1.54, 1.807) is 6.08 Å². The number of allylic oxidation sites excluding steroid dienone is 1. The van der Waals surface area contributed by atoms with Gasteiger partial charge in [0.05, 0.1) is 5.56 Å². The van der Waals surface area contributed by atoms with E-state index < -0.39 is 0 Å². The van der Waals surface area contributed by atoms with Crippen molar-refractivity contribution in [2.75, 3.05) is 0 Å². The molecule has 0 atom stereocenters. The molecule has 0 saturated heterocycles. The summed E-state index contributed by atoms with van der Waals surface area (Å²) in [6.07, 6.45) is 3.62. The zero-order valence-corrected chi connectivity index (χ0v) is 9.80. The van der Waals surface area contributed by atoms with Gasteiger partial charge in [-0.05, 0) is 30.7 Å². The number of hydrogen-bond donors (Lipinski definition) is 0. The van der Waals surface area contributed by atoms with Crippen LogP contribution >= 0.6 is 0 Å². The molecule has 1 N–H and O–H groups in total. The molecule has 0 amide bonds.